The van der Waals surface area contributed by atoms with E-state index in [1.54, 1.807) is 12.1 Å². The third kappa shape index (κ3) is 4.21. The van der Waals surface area contributed by atoms with E-state index < -0.39 is 0 Å². The average Bonchev–Trinajstić information content (AvgIpc) is 2.42. The number of rotatable bonds is 4. The van der Waals surface area contributed by atoms with E-state index in [0.29, 0.717) is 10.6 Å². The number of benzene rings is 2. The highest BCUT2D eigenvalue weighted by molar-refractivity contribution is 14.1. The lowest BCUT2D eigenvalue weighted by Crippen LogP contribution is -2.34. The molecule has 0 fully saturated rings. The van der Waals surface area contributed by atoms with E-state index in [-0.39, 0.29) is 11.9 Å². The SMILES string of the molecule is CC(Cc1ccccc1)NC(=O)c1cc(Cl)ccc1I. The first kappa shape index (κ1) is 15.3. The summed E-state index contributed by atoms with van der Waals surface area (Å²) in [5.41, 5.74) is 1.83. The molecule has 0 saturated carbocycles. The van der Waals surface area contributed by atoms with Gasteiger partial charge in [-0.15, -0.1) is 0 Å². The van der Waals surface area contributed by atoms with E-state index in [1.165, 1.54) is 5.56 Å². The quantitative estimate of drug-likeness (QED) is 0.763. The second kappa shape index (κ2) is 7.09. The highest BCUT2D eigenvalue weighted by Crippen LogP contribution is 2.18. The van der Waals surface area contributed by atoms with Gasteiger partial charge < -0.3 is 5.32 Å². The zero-order chi connectivity index (χ0) is 14.5. The minimum atomic E-state index is -0.0830. The van der Waals surface area contributed by atoms with Crippen LogP contribution in [0.25, 0.3) is 0 Å². The van der Waals surface area contributed by atoms with Crippen molar-refractivity contribution < 1.29 is 4.79 Å². The van der Waals surface area contributed by atoms with Gasteiger partial charge in [0.15, 0.2) is 0 Å². The number of halogens is 2. The zero-order valence-electron chi connectivity index (χ0n) is 11.1. The Balaban J connectivity index is 2.02. The second-order valence-corrected chi connectivity index (χ2v) is 6.29. The Morgan fingerprint density at radius 1 is 1.25 bits per heavy atom. The van der Waals surface area contributed by atoms with Gasteiger partial charge >= 0.3 is 0 Å². The Morgan fingerprint density at radius 2 is 1.95 bits per heavy atom. The Kier molecular flexibility index (Phi) is 5.43. The average molecular weight is 400 g/mol. The summed E-state index contributed by atoms with van der Waals surface area (Å²) in [6.07, 6.45) is 0.809. The molecule has 0 heterocycles. The van der Waals surface area contributed by atoms with Gasteiger partial charge in [-0.05, 0) is 59.7 Å². The second-order valence-electron chi connectivity index (χ2n) is 4.69. The molecule has 1 N–H and O–H groups in total. The molecule has 0 aliphatic rings. The van der Waals surface area contributed by atoms with Crippen molar-refractivity contribution in [3.63, 3.8) is 0 Å². The van der Waals surface area contributed by atoms with Crippen LogP contribution in [0.3, 0.4) is 0 Å². The molecule has 2 rings (SSSR count). The number of amides is 1. The van der Waals surface area contributed by atoms with Gasteiger partial charge in [0.1, 0.15) is 0 Å². The van der Waals surface area contributed by atoms with Crippen LogP contribution in [-0.4, -0.2) is 11.9 Å². The molecule has 2 nitrogen and oxygen atoms in total. The molecule has 2 aromatic rings. The molecule has 0 bridgehead atoms. The highest BCUT2D eigenvalue weighted by atomic mass is 127. The molecule has 0 aliphatic heterocycles. The minimum Gasteiger partial charge on any atom is -0.349 e. The number of nitrogens with one attached hydrogen (secondary N) is 1. The summed E-state index contributed by atoms with van der Waals surface area (Å²) in [6.45, 7) is 2.00. The predicted octanol–water partition coefficient (Wildman–Crippen LogP) is 4.31. The summed E-state index contributed by atoms with van der Waals surface area (Å²) in [5.74, 6) is -0.0830. The van der Waals surface area contributed by atoms with Crippen molar-refractivity contribution in [3.8, 4) is 0 Å². The van der Waals surface area contributed by atoms with Crippen LogP contribution in [0.15, 0.2) is 48.5 Å². The summed E-state index contributed by atoms with van der Waals surface area (Å²) in [7, 11) is 0. The van der Waals surface area contributed by atoms with E-state index in [1.807, 2.05) is 31.2 Å². The summed E-state index contributed by atoms with van der Waals surface area (Å²) < 4.78 is 0.899. The van der Waals surface area contributed by atoms with Crippen molar-refractivity contribution in [2.75, 3.05) is 0 Å². The summed E-state index contributed by atoms with van der Waals surface area (Å²) >= 11 is 8.09. The third-order valence-electron chi connectivity index (χ3n) is 2.94. The molecule has 0 saturated heterocycles. The fraction of sp³-hybridized carbons (Fsp3) is 0.188. The van der Waals surface area contributed by atoms with E-state index in [0.717, 1.165) is 9.99 Å². The Hall–Kier alpha value is -1.07. The van der Waals surface area contributed by atoms with Crippen molar-refractivity contribution in [2.24, 2.45) is 0 Å². The molecule has 20 heavy (non-hydrogen) atoms. The van der Waals surface area contributed by atoms with Crippen LogP contribution in [0, 0.1) is 3.57 Å². The summed E-state index contributed by atoms with van der Waals surface area (Å²) in [5, 5.41) is 3.59. The Bertz CT molecular complexity index is 601. The molecule has 1 atom stereocenters. The third-order valence-corrected chi connectivity index (χ3v) is 4.11. The molecule has 0 spiro atoms. The maximum Gasteiger partial charge on any atom is 0.252 e. The lowest BCUT2D eigenvalue weighted by molar-refractivity contribution is 0.0939. The van der Waals surface area contributed by atoms with Crippen LogP contribution in [0.5, 0.6) is 0 Å². The molecule has 0 radical (unpaired) electrons. The highest BCUT2D eigenvalue weighted by Gasteiger charge is 2.13. The maximum atomic E-state index is 12.2. The van der Waals surface area contributed by atoms with Gasteiger partial charge in [-0.25, -0.2) is 0 Å². The van der Waals surface area contributed by atoms with Crippen LogP contribution in [0.4, 0.5) is 0 Å². The van der Waals surface area contributed by atoms with Gasteiger partial charge in [0.25, 0.3) is 5.91 Å². The molecule has 4 heteroatoms. The monoisotopic (exact) mass is 399 g/mol. The molecule has 1 amide bonds. The number of carbonyl (C=O) groups excluding carboxylic acids is 1. The van der Waals surface area contributed by atoms with Crippen molar-refractivity contribution in [1.82, 2.24) is 5.32 Å². The van der Waals surface area contributed by atoms with Crippen LogP contribution in [0.2, 0.25) is 5.02 Å². The molecular weight excluding hydrogens is 385 g/mol. The van der Waals surface area contributed by atoms with Crippen molar-refractivity contribution >= 4 is 40.1 Å². The van der Waals surface area contributed by atoms with Crippen LogP contribution >= 0.6 is 34.2 Å². The van der Waals surface area contributed by atoms with E-state index in [4.69, 9.17) is 11.6 Å². The standard InChI is InChI=1S/C16H15ClINO/c1-11(9-12-5-3-2-4-6-12)19-16(20)14-10-13(17)7-8-15(14)18/h2-8,10-11H,9H2,1H3,(H,19,20). The number of hydrogen-bond acceptors (Lipinski definition) is 1. The van der Waals surface area contributed by atoms with Gasteiger partial charge in [0.05, 0.1) is 5.56 Å². The molecule has 2 aromatic carbocycles. The normalized spacial score (nSPS) is 11.9. The molecule has 104 valence electrons. The van der Waals surface area contributed by atoms with E-state index in [2.05, 4.69) is 40.0 Å². The number of hydrogen-bond donors (Lipinski definition) is 1. The van der Waals surface area contributed by atoms with Crippen molar-refractivity contribution in [2.45, 2.75) is 19.4 Å². The fourth-order valence-electron chi connectivity index (χ4n) is 1.99. The van der Waals surface area contributed by atoms with Crippen molar-refractivity contribution in [1.29, 1.82) is 0 Å². The van der Waals surface area contributed by atoms with Gasteiger partial charge in [-0.3, -0.25) is 4.79 Å². The van der Waals surface area contributed by atoms with E-state index in [9.17, 15) is 4.79 Å². The van der Waals surface area contributed by atoms with Gasteiger partial charge in [0.2, 0.25) is 0 Å². The maximum absolute atomic E-state index is 12.2. The largest absolute Gasteiger partial charge is 0.349 e. The molecule has 1 unspecified atom stereocenters. The molecule has 0 aromatic heterocycles. The lowest BCUT2D eigenvalue weighted by atomic mass is 10.1. The fourth-order valence-corrected chi connectivity index (χ4v) is 2.74. The van der Waals surface area contributed by atoms with Crippen molar-refractivity contribution in [3.05, 3.63) is 68.3 Å². The topological polar surface area (TPSA) is 29.1 Å². The summed E-state index contributed by atoms with van der Waals surface area (Å²) in [4.78, 5) is 12.2. The first-order valence-electron chi connectivity index (χ1n) is 6.36. The smallest absolute Gasteiger partial charge is 0.252 e. The minimum absolute atomic E-state index is 0.0691. The predicted molar refractivity (Wildman–Crippen MR) is 91.2 cm³/mol. The lowest BCUT2D eigenvalue weighted by Gasteiger charge is -2.15. The first-order chi connectivity index (χ1) is 9.56. The van der Waals surface area contributed by atoms with Gasteiger partial charge in [-0.1, -0.05) is 41.9 Å². The molecule has 0 aliphatic carbocycles. The Labute approximate surface area is 137 Å². The van der Waals surface area contributed by atoms with Gasteiger partial charge in [-0.2, -0.15) is 0 Å². The Morgan fingerprint density at radius 3 is 2.65 bits per heavy atom. The number of carbonyl (C=O) groups is 1. The molecular formula is C16H15ClINO. The van der Waals surface area contributed by atoms with Gasteiger partial charge in [0, 0.05) is 14.6 Å². The summed E-state index contributed by atoms with van der Waals surface area (Å²) in [6, 6.07) is 15.5. The zero-order valence-corrected chi connectivity index (χ0v) is 14.0. The van der Waals surface area contributed by atoms with Crippen LogP contribution in [-0.2, 0) is 6.42 Å². The van der Waals surface area contributed by atoms with Crippen LogP contribution < -0.4 is 5.32 Å². The first-order valence-corrected chi connectivity index (χ1v) is 7.82. The van der Waals surface area contributed by atoms with Crippen LogP contribution in [0.1, 0.15) is 22.8 Å². The van der Waals surface area contributed by atoms with E-state index >= 15 is 0 Å².